The van der Waals surface area contributed by atoms with E-state index >= 15 is 0 Å². The lowest BCUT2D eigenvalue weighted by molar-refractivity contribution is 0.216. The second-order valence-electron chi connectivity index (χ2n) is 2.44. The normalized spacial score (nSPS) is 27.4. The molecule has 0 aromatic carbocycles. The highest BCUT2D eigenvalue weighted by Crippen LogP contribution is 2.07. The summed E-state index contributed by atoms with van der Waals surface area (Å²) in [5, 5.41) is 9.04. The Morgan fingerprint density at radius 2 is 2.11 bits per heavy atom. The van der Waals surface area contributed by atoms with Crippen LogP contribution in [-0.2, 0) is 0 Å². The fourth-order valence-electron chi connectivity index (χ4n) is 0.990. The summed E-state index contributed by atoms with van der Waals surface area (Å²) in [7, 11) is 0. The highest BCUT2D eigenvalue weighted by molar-refractivity contribution is 5.05. The van der Waals surface area contributed by atoms with Crippen molar-refractivity contribution in [2.45, 2.75) is 38.2 Å². The average Bonchev–Trinajstić information content (AvgIpc) is 1.79. The SMILES string of the molecule is O[C@@H]1C#CCCCCC1. The van der Waals surface area contributed by atoms with Gasteiger partial charge in [-0.05, 0) is 19.3 Å². The van der Waals surface area contributed by atoms with Crippen LogP contribution in [0.15, 0.2) is 0 Å². The van der Waals surface area contributed by atoms with Gasteiger partial charge in [0.2, 0.25) is 0 Å². The van der Waals surface area contributed by atoms with Gasteiger partial charge in [-0.3, -0.25) is 0 Å². The van der Waals surface area contributed by atoms with E-state index in [1.54, 1.807) is 0 Å². The number of aliphatic hydroxyl groups is 1. The zero-order valence-electron chi connectivity index (χ0n) is 5.56. The molecule has 0 aliphatic heterocycles. The molecule has 9 heavy (non-hydrogen) atoms. The molecule has 0 saturated carbocycles. The van der Waals surface area contributed by atoms with E-state index in [1.807, 2.05) is 0 Å². The van der Waals surface area contributed by atoms with E-state index in [2.05, 4.69) is 11.8 Å². The molecule has 50 valence electrons. The molecule has 0 radical (unpaired) electrons. The third-order valence-corrected chi connectivity index (χ3v) is 1.55. The van der Waals surface area contributed by atoms with Crippen LogP contribution >= 0.6 is 0 Å². The van der Waals surface area contributed by atoms with Gasteiger partial charge in [-0.25, -0.2) is 0 Å². The minimum absolute atomic E-state index is 0.342. The van der Waals surface area contributed by atoms with E-state index in [9.17, 15) is 0 Å². The van der Waals surface area contributed by atoms with E-state index in [0.29, 0.717) is 0 Å². The van der Waals surface area contributed by atoms with Crippen molar-refractivity contribution in [2.24, 2.45) is 0 Å². The summed E-state index contributed by atoms with van der Waals surface area (Å²) in [6.07, 6.45) is 5.07. The summed E-state index contributed by atoms with van der Waals surface area (Å²) in [6.45, 7) is 0. The van der Waals surface area contributed by atoms with Crippen molar-refractivity contribution in [3.63, 3.8) is 0 Å². The molecule has 1 rings (SSSR count). The van der Waals surface area contributed by atoms with Crippen LogP contribution in [0.2, 0.25) is 0 Å². The molecule has 0 amide bonds. The molecule has 0 heterocycles. The first-order valence-electron chi connectivity index (χ1n) is 3.56. The van der Waals surface area contributed by atoms with Gasteiger partial charge in [-0.2, -0.15) is 0 Å². The van der Waals surface area contributed by atoms with Crippen LogP contribution < -0.4 is 0 Å². The van der Waals surface area contributed by atoms with Gasteiger partial charge < -0.3 is 5.11 Å². The molecule has 0 bridgehead atoms. The van der Waals surface area contributed by atoms with Gasteiger partial charge in [0.1, 0.15) is 6.10 Å². The molecule has 1 nitrogen and oxygen atoms in total. The lowest BCUT2D eigenvalue weighted by Crippen LogP contribution is -2.03. The van der Waals surface area contributed by atoms with Crippen LogP contribution in [0.5, 0.6) is 0 Å². The Hall–Kier alpha value is -0.480. The van der Waals surface area contributed by atoms with Crippen LogP contribution in [0.4, 0.5) is 0 Å². The molecule has 1 heteroatoms. The Morgan fingerprint density at radius 1 is 1.22 bits per heavy atom. The Balaban J connectivity index is 2.37. The zero-order valence-corrected chi connectivity index (χ0v) is 5.56. The maximum absolute atomic E-state index is 9.04. The first-order chi connectivity index (χ1) is 4.39. The Morgan fingerprint density at radius 3 is 3.00 bits per heavy atom. The Kier molecular flexibility index (Phi) is 2.60. The summed E-state index contributed by atoms with van der Waals surface area (Å²) >= 11 is 0. The molecule has 1 atom stereocenters. The van der Waals surface area contributed by atoms with Gasteiger partial charge in [-0.1, -0.05) is 12.3 Å². The predicted octanol–water partition coefficient (Wildman–Crippen LogP) is 1.31. The van der Waals surface area contributed by atoms with Crippen molar-refractivity contribution in [1.29, 1.82) is 0 Å². The van der Waals surface area contributed by atoms with Crippen molar-refractivity contribution in [2.75, 3.05) is 0 Å². The molecule has 0 unspecified atom stereocenters. The maximum Gasteiger partial charge on any atom is 0.114 e. The van der Waals surface area contributed by atoms with Crippen LogP contribution in [0.3, 0.4) is 0 Å². The van der Waals surface area contributed by atoms with Crippen molar-refractivity contribution in [1.82, 2.24) is 0 Å². The van der Waals surface area contributed by atoms with E-state index in [4.69, 9.17) is 5.11 Å². The molecule has 0 aromatic heterocycles. The Labute approximate surface area is 56.1 Å². The second-order valence-corrected chi connectivity index (χ2v) is 2.44. The highest BCUT2D eigenvalue weighted by Gasteiger charge is 1.99. The topological polar surface area (TPSA) is 20.2 Å². The van der Waals surface area contributed by atoms with Gasteiger partial charge in [0.25, 0.3) is 0 Å². The van der Waals surface area contributed by atoms with Crippen LogP contribution in [0.1, 0.15) is 32.1 Å². The van der Waals surface area contributed by atoms with E-state index < -0.39 is 0 Å². The molecule has 1 aliphatic carbocycles. The summed E-state index contributed by atoms with van der Waals surface area (Å²) < 4.78 is 0. The largest absolute Gasteiger partial charge is 0.380 e. The molecule has 1 N–H and O–H groups in total. The summed E-state index contributed by atoms with van der Waals surface area (Å²) in [4.78, 5) is 0. The van der Waals surface area contributed by atoms with Gasteiger partial charge in [-0.15, -0.1) is 5.92 Å². The smallest absolute Gasteiger partial charge is 0.114 e. The van der Waals surface area contributed by atoms with Gasteiger partial charge in [0.15, 0.2) is 0 Å². The van der Waals surface area contributed by atoms with E-state index in [1.165, 1.54) is 12.8 Å². The standard InChI is InChI=1S/C8H12O/c9-8-6-4-2-1-3-5-7-8/h8-9H,1-4,6H2/t8-/m0/s1. The van der Waals surface area contributed by atoms with Gasteiger partial charge in [0.05, 0.1) is 0 Å². The predicted molar refractivity (Wildman–Crippen MR) is 36.9 cm³/mol. The number of hydrogen-bond acceptors (Lipinski definition) is 1. The number of aliphatic hydroxyl groups excluding tert-OH is 1. The Bertz CT molecular complexity index is 129. The fourth-order valence-corrected chi connectivity index (χ4v) is 0.990. The molecule has 1 aliphatic rings. The van der Waals surface area contributed by atoms with Crippen LogP contribution in [0.25, 0.3) is 0 Å². The van der Waals surface area contributed by atoms with Crippen LogP contribution in [-0.4, -0.2) is 11.2 Å². The van der Waals surface area contributed by atoms with Gasteiger partial charge >= 0.3 is 0 Å². The molecule has 0 spiro atoms. The lowest BCUT2D eigenvalue weighted by atomic mass is 10.1. The lowest BCUT2D eigenvalue weighted by Gasteiger charge is -2.04. The third kappa shape index (κ3) is 2.53. The molecular formula is C8H12O. The van der Waals surface area contributed by atoms with Crippen molar-refractivity contribution in [3.8, 4) is 11.8 Å². The zero-order chi connectivity index (χ0) is 6.53. The summed E-state index contributed by atoms with van der Waals surface area (Å²) in [5.74, 6) is 5.73. The highest BCUT2D eigenvalue weighted by atomic mass is 16.3. The molecule has 0 saturated heterocycles. The second kappa shape index (κ2) is 3.53. The molecule has 0 aromatic rings. The van der Waals surface area contributed by atoms with Crippen molar-refractivity contribution < 1.29 is 5.11 Å². The summed E-state index contributed by atoms with van der Waals surface area (Å²) in [5.41, 5.74) is 0. The monoisotopic (exact) mass is 124 g/mol. The van der Waals surface area contributed by atoms with Crippen LogP contribution in [0, 0.1) is 11.8 Å². The maximum atomic E-state index is 9.04. The minimum atomic E-state index is -0.342. The molecular weight excluding hydrogens is 112 g/mol. The van der Waals surface area contributed by atoms with E-state index in [-0.39, 0.29) is 6.10 Å². The first-order valence-corrected chi connectivity index (χ1v) is 3.56. The minimum Gasteiger partial charge on any atom is -0.380 e. The van der Waals surface area contributed by atoms with Crippen molar-refractivity contribution >= 4 is 0 Å². The van der Waals surface area contributed by atoms with E-state index in [0.717, 1.165) is 19.3 Å². The molecule has 0 fully saturated rings. The first kappa shape index (κ1) is 6.64. The number of rotatable bonds is 0. The quantitative estimate of drug-likeness (QED) is 0.483. The van der Waals surface area contributed by atoms with Crippen molar-refractivity contribution in [3.05, 3.63) is 0 Å². The third-order valence-electron chi connectivity index (χ3n) is 1.55. The number of hydrogen-bond donors (Lipinski definition) is 1. The fraction of sp³-hybridized carbons (Fsp3) is 0.750. The van der Waals surface area contributed by atoms with Gasteiger partial charge in [0, 0.05) is 6.42 Å². The average molecular weight is 124 g/mol. The summed E-state index contributed by atoms with van der Waals surface area (Å²) in [6, 6.07) is 0.